The molecule has 0 fully saturated rings. The number of benzene rings is 1. The maximum Gasteiger partial charge on any atom is 0.410 e. The van der Waals surface area contributed by atoms with Crippen molar-refractivity contribution in [1.29, 1.82) is 0 Å². The number of rotatable bonds is 3. The molecule has 1 aliphatic rings. The lowest BCUT2D eigenvalue weighted by Gasteiger charge is -2.40. The topological polar surface area (TPSA) is 47.4 Å². The van der Waals surface area contributed by atoms with E-state index in [4.69, 9.17) is 16.3 Å². The minimum Gasteiger partial charge on any atom is -0.444 e. The third-order valence-corrected chi connectivity index (χ3v) is 5.96. The summed E-state index contributed by atoms with van der Waals surface area (Å²) in [6.07, 6.45) is -0.654. The number of alkyl halides is 2. The highest BCUT2D eigenvalue weighted by atomic mass is 127. The van der Waals surface area contributed by atoms with Gasteiger partial charge in [-0.05, 0) is 61.6 Å². The minimum absolute atomic E-state index is 0.0802. The minimum atomic E-state index is -1.66. The molecule has 2 aromatic rings. The standard InChI is InChI=1S/C19H20ClF3IN3O2/c1-18(2,3)29-17(28)26-7-14-15(24)16(11-4-5-13(23)12(20)6-11)25-27(14)19(8-21,9-22)10-26/h4-6H,7-10H2,1-3H3. The first-order chi connectivity index (χ1) is 13.5. The summed E-state index contributed by atoms with van der Waals surface area (Å²) in [4.78, 5) is 13.9. The van der Waals surface area contributed by atoms with E-state index in [-0.39, 0.29) is 18.1 Å². The van der Waals surface area contributed by atoms with Gasteiger partial charge >= 0.3 is 6.09 Å². The Kier molecular flexibility index (Phi) is 6.11. The molecule has 0 N–H and O–H groups in total. The molecule has 0 radical (unpaired) electrons. The van der Waals surface area contributed by atoms with Gasteiger partial charge in [-0.3, -0.25) is 9.58 Å². The Morgan fingerprint density at radius 3 is 2.55 bits per heavy atom. The van der Waals surface area contributed by atoms with E-state index in [9.17, 15) is 18.0 Å². The third kappa shape index (κ3) is 4.21. The summed E-state index contributed by atoms with van der Waals surface area (Å²) in [5.74, 6) is -0.577. The lowest BCUT2D eigenvalue weighted by molar-refractivity contribution is -0.00375. The molecule has 2 heterocycles. The average molecular weight is 542 g/mol. The van der Waals surface area contributed by atoms with Crippen LogP contribution in [0.1, 0.15) is 26.5 Å². The number of nitrogens with zero attached hydrogens (tertiary/aromatic N) is 3. The molecule has 1 aromatic heterocycles. The fourth-order valence-corrected chi connectivity index (χ4v) is 4.14. The Balaban J connectivity index is 2.08. The van der Waals surface area contributed by atoms with Gasteiger partial charge in [0.15, 0.2) is 0 Å². The van der Waals surface area contributed by atoms with Crippen molar-refractivity contribution < 1.29 is 22.7 Å². The quantitative estimate of drug-likeness (QED) is 0.494. The predicted molar refractivity (Wildman–Crippen MR) is 112 cm³/mol. The van der Waals surface area contributed by atoms with Crippen molar-refractivity contribution in [2.24, 2.45) is 0 Å². The highest BCUT2D eigenvalue weighted by Gasteiger charge is 2.45. The van der Waals surface area contributed by atoms with Crippen LogP contribution in [-0.4, -0.2) is 46.3 Å². The van der Waals surface area contributed by atoms with E-state index in [0.29, 0.717) is 20.5 Å². The van der Waals surface area contributed by atoms with Crippen molar-refractivity contribution in [2.45, 2.75) is 38.5 Å². The molecule has 0 atom stereocenters. The van der Waals surface area contributed by atoms with E-state index in [1.54, 1.807) is 20.8 Å². The number of hydrogen-bond acceptors (Lipinski definition) is 3. The van der Waals surface area contributed by atoms with Crippen molar-refractivity contribution in [1.82, 2.24) is 14.7 Å². The zero-order valence-corrected chi connectivity index (χ0v) is 19.0. The third-order valence-electron chi connectivity index (χ3n) is 4.53. The number of halogens is 5. The predicted octanol–water partition coefficient (Wildman–Crippen LogP) is 5.33. The number of aromatic nitrogens is 2. The van der Waals surface area contributed by atoms with Crippen LogP contribution in [0.4, 0.5) is 18.0 Å². The van der Waals surface area contributed by atoms with Crippen LogP contribution < -0.4 is 0 Å². The molecule has 1 aliphatic heterocycles. The SMILES string of the molecule is CC(C)(C)OC(=O)N1Cc2c(I)c(-c3ccc(F)c(Cl)c3)nn2C(CF)(CF)C1. The maximum atomic E-state index is 14.1. The van der Waals surface area contributed by atoms with Crippen molar-refractivity contribution in [3.05, 3.63) is 38.3 Å². The molecule has 1 aromatic carbocycles. The zero-order valence-electron chi connectivity index (χ0n) is 16.1. The Labute approximate surface area is 185 Å². The second-order valence-corrected chi connectivity index (χ2v) is 9.46. The van der Waals surface area contributed by atoms with Gasteiger partial charge in [-0.1, -0.05) is 11.6 Å². The summed E-state index contributed by atoms with van der Waals surface area (Å²) in [6.45, 7) is 2.90. The Hall–Kier alpha value is -1.49. The highest BCUT2D eigenvalue weighted by Crippen LogP contribution is 2.37. The van der Waals surface area contributed by atoms with Crippen LogP contribution in [0.2, 0.25) is 5.02 Å². The molecule has 10 heteroatoms. The van der Waals surface area contributed by atoms with Crippen molar-refractivity contribution in [3.63, 3.8) is 0 Å². The molecule has 29 heavy (non-hydrogen) atoms. The van der Waals surface area contributed by atoms with Gasteiger partial charge in [0.25, 0.3) is 0 Å². The number of carbonyl (C=O) groups is 1. The summed E-state index contributed by atoms with van der Waals surface area (Å²) in [6, 6.07) is 4.11. The van der Waals surface area contributed by atoms with Crippen molar-refractivity contribution in [3.8, 4) is 11.3 Å². The Bertz CT molecular complexity index is 942. The molecule has 5 nitrogen and oxygen atoms in total. The number of amides is 1. The first-order valence-corrected chi connectivity index (χ1v) is 10.3. The van der Waals surface area contributed by atoms with Gasteiger partial charge in [0, 0.05) is 5.56 Å². The summed E-state index contributed by atoms with van der Waals surface area (Å²) in [7, 11) is 0. The molecule has 3 rings (SSSR count). The zero-order chi connectivity index (χ0) is 21.6. The van der Waals surface area contributed by atoms with Crippen LogP contribution >= 0.6 is 34.2 Å². The highest BCUT2D eigenvalue weighted by molar-refractivity contribution is 14.1. The van der Waals surface area contributed by atoms with E-state index < -0.39 is 36.4 Å². The van der Waals surface area contributed by atoms with Crippen LogP contribution in [0.25, 0.3) is 11.3 Å². The Morgan fingerprint density at radius 1 is 1.34 bits per heavy atom. The molecule has 0 unspecified atom stereocenters. The first-order valence-electron chi connectivity index (χ1n) is 8.84. The number of carbonyl (C=O) groups excluding carboxylic acids is 1. The van der Waals surface area contributed by atoms with Gasteiger partial charge in [0.2, 0.25) is 0 Å². The monoisotopic (exact) mass is 541 g/mol. The molecule has 0 saturated heterocycles. The van der Waals surface area contributed by atoms with Crippen LogP contribution in [0, 0.1) is 9.39 Å². The van der Waals surface area contributed by atoms with Gasteiger partial charge in [-0.25, -0.2) is 18.0 Å². The van der Waals surface area contributed by atoms with E-state index in [2.05, 4.69) is 5.10 Å². The maximum absolute atomic E-state index is 14.1. The van der Waals surface area contributed by atoms with Gasteiger partial charge < -0.3 is 4.74 Å². The average Bonchev–Trinajstić information content (AvgIpc) is 2.99. The first kappa shape index (κ1) is 22.2. The number of ether oxygens (including phenoxy) is 1. The molecular formula is C19H20ClF3IN3O2. The fourth-order valence-electron chi connectivity index (χ4n) is 3.14. The van der Waals surface area contributed by atoms with Crippen LogP contribution in [0.5, 0.6) is 0 Å². The molecule has 0 bridgehead atoms. The molecule has 0 spiro atoms. The lowest BCUT2D eigenvalue weighted by Crippen LogP contribution is -2.56. The Morgan fingerprint density at radius 2 is 2.00 bits per heavy atom. The summed E-state index contributed by atoms with van der Waals surface area (Å²) in [5.41, 5.74) is -0.996. The van der Waals surface area contributed by atoms with E-state index in [0.717, 1.165) is 0 Å². The van der Waals surface area contributed by atoms with Crippen LogP contribution in [-0.2, 0) is 16.8 Å². The van der Waals surface area contributed by atoms with Gasteiger partial charge in [-0.15, -0.1) is 0 Å². The van der Waals surface area contributed by atoms with E-state index >= 15 is 0 Å². The van der Waals surface area contributed by atoms with Crippen molar-refractivity contribution >= 4 is 40.3 Å². The van der Waals surface area contributed by atoms with E-state index in [1.165, 1.54) is 27.8 Å². The van der Waals surface area contributed by atoms with Gasteiger partial charge in [-0.2, -0.15) is 5.10 Å². The van der Waals surface area contributed by atoms with Gasteiger partial charge in [0.05, 0.1) is 27.4 Å². The molecule has 1 amide bonds. The second kappa shape index (κ2) is 7.98. The second-order valence-electron chi connectivity index (χ2n) is 7.98. The molecule has 0 saturated carbocycles. The fraction of sp³-hybridized carbons (Fsp3) is 0.474. The van der Waals surface area contributed by atoms with Crippen LogP contribution in [0.15, 0.2) is 18.2 Å². The van der Waals surface area contributed by atoms with Crippen LogP contribution in [0.3, 0.4) is 0 Å². The molecular weight excluding hydrogens is 522 g/mol. The summed E-state index contributed by atoms with van der Waals surface area (Å²) < 4.78 is 49.0. The molecule has 158 valence electrons. The number of hydrogen-bond donors (Lipinski definition) is 0. The lowest BCUT2D eigenvalue weighted by atomic mass is 9.99. The van der Waals surface area contributed by atoms with Gasteiger partial charge in [0.1, 0.15) is 36.0 Å². The van der Waals surface area contributed by atoms with Crippen molar-refractivity contribution in [2.75, 3.05) is 19.9 Å². The smallest absolute Gasteiger partial charge is 0.410 e. The summed E-state index contributed by atoms with van der Waals surface area (Å²) in [5, 5.41) is 4.34. The largest absolute Gasteiger partial charge is 0.444 e. The van der Waals surface area contributed by atoms with E-state index in [1.807, 2.05) is 22.6 Å². The summed E-state index contributed by atoms with van der Waals surface area (Å²) >= 11 is 7.89. The molecule has 0 aliphatic carbocycles. The normalized spacial score (nSPS) is 15.9. The number of fused-ring (bicyclic) bond motifs is 1.